The molecular formula is C14H21FN2O2S. The molecule has 1 aliphatic rings. The van der Waals surface area contributed by atoms with E-state index in [9.17, 15) is 12.8 Å². The van der Waals surface area contributed by atoms with Crippen LogP contribution in [0.2, 0.25) is 0 Å². The molecule has 1 aromatic rings. The normalized spacial score (nSPS) is 22.7. The van der Waals surface area contributed by atoms with E-state index in [1.165, 1.54) is 16.4 Å². The van der Waals surface area contributed by atoms with Gasteiger partial charge >= 0.3 is 0 Å². The third-order valence-corrected chi connectivity index (χ3v) is 5.81. The van der Waals surface area contributed by atoms with Gasteiger partial charge in [-0.25, -0.2) is 12.8 Å². The summed E-state index contributed by atoms with van der Waals surface area (Å²) >= 11 is 0. The van der Waals surface area contributed by atoms with Gasteiger partial charge in [0.15, 0.2) is 0 Å². The summed E-state index contributed by atoms with van der Waals surface area (Å²) in [5, 5.41) is 0. The molecule has 1 aliphatic heterocycles. The average molecular weight is 300 g/mol. The Morgan fingerprint density at radius 1 is 1.45 bits per heavy atom. The van der Waals surface area contributed by atoms with E-state index < -0.39 is 15.8 Å². The van der Waals surface area contributed by atoms with E-state index in [1.54, 1.807) is 6.92 Å². The first kappa shape index (κ1) is 15.4. The zero-order chi connectivity index (χ0) is 14.9. The van der Waals surface area contributed by atoms with Gasteiger partial charge in [0.1, 0.15) is 5.82 Å². The molecule has 2 atom stereocenters. The Balaban J connectivity index is 2.27. The second-order valence-corrected chi connectivity index (χ2v) is 7.47. The van der Waals surface area contributed by atoms with Gasteiger partial charge in [-0.05, 0) is 50.3 Å². The van der Waals surface area contributed by atoms with Gasteiger partial charge in [0.2, 0.25) is 10.0 Å². The molecule has 1 saturated heterocycles. The van der Waals surface area contributed by atoms with Crippen LogP contribution >= 0.6 is 0 Å². The van der Waals surface area contributed by atoms with Gasteiger partial charge in [-0.1, -0.05) is 6.07 Å². The van der Waals surface area contributed by atoms with Crippen molar-refractivity contribution in [3.8, 4) is 0 Å². The third kappa shape index (κ3) is 3.02. The maximum atomic E-state index is 13.6. The summed E-state index contributed by atoms with van der Waals surface area (Å²) in [6.07, 6.45) is 1.73. The van der Waals surface area contributed by atoms with Crippen LogP contribution in [0.3, 0.4) is 0 Å². The summed E-state index contributed by atoms with van der Waals surface area (Å²) < 4.78 is 40.1. The van der Waals surface area contributed by atoms with Gasteiger partial charge in [-0.2, -0.15) is 4.31 Å². The topological polar surface area (TPSA) is 63.4 Å². The third-order valence-electron chi connectivity index (χ3n) is 3.95. The summed E-state index contributed by atoms with van der Waals surface area (Å²) in [6, 6.07) is 4.02. The molecule has 112 valence electrons. The van der Waals surface area contributed by atoms with Gasteiger partial charge < -0.3 is 5.73 Å². The van der Waals surface area contributed by atoms with E-state index in [0.29, 0.717) is 18.7 Å². The lowest BCUT2D eigenvalue weighted by molar-refractivity contribution is 0.243. The Labute approximate surface area is 119 Å². The molecule has 0 saturated carbocycles. The van der Waals surface area contributed by atoms with Crippen molar-refractivity contribution < 1.29 is 12.8 Å². The molecule has 0 bridgehead atoms. The lowest BCUT2D eigenvalue weighted by Crippen LogP contribution is -2.44. The second-order valence-electron chi connectivity index (χ2n) is 5.54. The molecule has 0 aromatic heterocycles. The van der Waals surface area contributed by atoms with Crippen molar-refractivity contribution in [1.29, 1.82) is 0 Å². The highest BCUT2D eigenvalue weighted by molar-refractivity contribution is 7.89. The lowest BCUT2D eigenvalue weighted by Gasteiger charge is -2.33. The first-order valence-corrected chi connectivity index (χ1v) is 8.28. The SMILES string of the molecule is Cc1ccc(S(=O)(=O)N2CCC[C@@H]([C@H](C)N)C2)cc1F. The maximum Gasteiger partial charge on any atom is 0.243 e. The van der Waals surface area contributed by atoms with Gasteiger partial charge in [0, 0.05) is 19.1 Å². The molecule has 6 heteroatoms. The summed E-state index contributed by atoms with van der Waals surface area (Å²) in [6.45, 7) is 4.39. The highest BCUT2D eigenvalue weighted by Crippen LogP contribution is 2.25. The molecule has 2 rings (SSSR count). The fourth-order valence-corrected chi connectivity index (χ4v) is 4.05. The molecule has 0 radical (unpaired) electrons. The van der Waals surface area contributed by atoms with Crippen molar-refractivity contribution in [3.05, 3.63) is 29.6 Å². The predicted molar refractivity (Wildman–Crippen MR) is 76.3 cm³/mol. The molecule has 0 unspecified atom stereocenters. The monoisotopic (exact) mass is 300 g/mol. The Kier molecular flexibility index (Phi) is 4.46. The number of rotatable bonds is 3. The standard InChI is InChI=1S/C14H21FN2O2S/c1-10-5-6-13(8-14(10)15)20(18,19)17-7-3-4-12(9-17)11(2)16/h5-6,8,11-12H,3-4,7,9,16H2,1-2H3/t11-,12+/m0/s1. The number of piperidine rings is 1. The zero-order valence-electron chi connectivity index (χ0n) is 11.8. The van der Waals surface area contributed by atoms with Crippen LogP contribution in [0.25, 0.3) is 0 Å². The van der Waals surface area contributed by atoms with Gasteiger partial charge in [0.25, 0.3) is 0 Å². The van der Waals surface area contributed by atoms with Gasteiger partial charge in [0.05, 0.1) is 4.90 Å². The van der Waals surface area contributed by atoms with Crippen LogP contribution in [0.5, 0.6) is 0 Å². The van der Waals surface area contributed by atoms with E-state index in [4.69, 9.17) is 5.73 Å². The van der Waals surface area contributed by atoms with Crippen molar-refractivity contribution in [2.45, 2.75) is 37.6 Å². The summed E-state index contributed by atoms with van der Waals surface area (Å²) in [7, 11) is -3.63. The Morgan fingerprint density at radius 2 is 2.15 bits per heavy atom. The van der Waals surface area contributed by atoms with E-state index in [0.717, 1.165) is 18.9 Å². The number of nitrogens with two attached hydrogens (primary N) is 1. The molecule has 1 aromatic carbocycles. The number of benzene rings is 1. The van der Waals surface area contributed by atoms with E-state index in [1.807, 2.05) is 6.92 Å². The largest absolute Gasteiger partial charge is 0.328 e. The van der Waals surface area contributed by atoms with Crippen molar-refractivity contribution in [2.75, 3.05) is 13.1 Å². The number of halogens is 1. The number of nitrogens with zero attached hydrogens (tertiary/aromatic N) is 1. The highest BCUT2D eigenvalue weighted by Gasteiger charge is 2.31. The molecule has 1 fully saturated rings. The minimum Gasteiger partial charge on any atom is -0.328 e. The summed E-state index contributed by atoms with van der Waals surface area (Å²) in [4.78, 5) is 0.0194. The minimum atomic E-state index is -3.63. The molecule has 0 spiro atoms. The highest BCUT2D eigenvalue weighted by atomic mass is 32.2. The van der Waals surface area contributed by atoms with Crippen LogP contribution in [0, 0.1) is 18.7 Å². The number of hydrogen-bond acceptors (Lipinski definition) is 3. The van der Waals surface area contributed by atoms with E-state index in [-0.39, 0.29) is 16.9 Å². The molecule has 2 N–H and O–H groups in total. The van der Waals surface area contributed by atoms with Crippen LogP contribution in [0.15, 0.2) is 23.1 Å². The van der Waals surface area contributed by atoms with Crippen molar-refractivity contribution >= 4 is 10.0 Å². The molecule has 0 aliphatic carbocycles. The fourth-order valence-electron chi connectivity index (χ4n) is 2.50. The second kappa shape index (κ2) is 5.79. The predicted octanol–water partition coefficient (Wildman–Crippen LogP) is 1.88. The molecule has 4 nitrogen and oxygen atoms in total. The number of aryl methyl sites for hydroxylation is 1. The van der Waals surface area contributed by atoms with Crippen LogP contribution in [0.1, 0.15) is 25.3 Å². The Morgan fingerprint density at radius 3 is 2.75 bits per heavy atom. The summed E-state index contributed by atoms with van der Waals surface area (Å²) in [5.41, 5.74) is 6.31. The average Bonchev–Trinajstić information content (AvgIpc) is 2.42. The smallest absolute Gasteiger partial charge is 0.243 e. The Bertz CT molecular complexity index is 587. The van der Waals surface area contributed by atoms with E-state index in [2.05, 4.69) is 0 Å². The maximum absolute atomic E-state index is 13.6. The minimum absolute atomic E-state index is 0.0194. The molecule has 0 amide bonds. The van der Waals surface area contributed by atoms with E-state index >= 15 is 0 Å². The van der Waals surface area contributed by atoms with Crippen molar-refractivity contribution in [2.24, 2.45) is 11.7 Å². The molecule has 1 heterocycles. The van der Waals surface area contributed by atoms with Crippen LogP contribution in [0.4, 0.5) is 4.39 Å². The lowest BCUT2D eigenvalue weighted by atomic mass is 9.93. The van der Waals surface area contributed by atoms with Crippen molar-refractivity contribution in [1.82, 2.24) is 4.31 Å². The first-order valence-electron chi connectivity index (χ1n) is 6.84. The van der Waals surface area contributed by atoms with Crippen molar-refractivity contribution in [3.63, 3.8) is 0 Å². The summed E-state index contributed by atoms with van der Waals surface area (Å²) in [5.74, 6) is -0.333. The first-order chi connectivity index (χ1) is 9.32. The van der Waals surface area contributed by atoms with Crippen LogP contribution < -0.4 is 5.73 Å². The Hall–Kier alpha value is -0.980. The van der Waals surface area contributed by atoms with Gasteiger partial charge in [-0.15, -0.1) is 0 Å². The quantitative estimate of drug-likeness (QED) is 0.927. The molecular weight excluding hydrogens is 279 g/mol. The molecule has 20 heavy (non-hydrogen) atoms. The zero-order valence-corrected chi connectivity index (χ0v) is 12.7. The van der Waals surface area contributed by atoms with Crippen LogP contribution in [-0.4, -0.2) is 31.9 Å². The fraction of sp³-hybridized carbons (Fsp3) is 0.571. The number of sulfonamides is 1. The number of hydrogen-bond donors (Lipinski definition) is 1. The van der Waals surface area contributed by atoms with Crippen LogP contribution in [-0.2, 0) is 10.0 Å². The van der Waals surface area contributed by atoms with Gasteiger partial charge in [-0.3, -0.25) is 0 Å².